The molecule has 0 saturated heterocycles. The molecule has 0 unspecified atom stereocenters. The minimum atomic E-state index is -0.204. The van der Waals surface area contributed by atoms with Gasteiger partial charge in [0.2, 0.25) is 0 Å². The maximum Gasteiger partial charge on any atom is 0.123 e. The lowest BCUT2D eigenvalue weighted by atomic mass is 10.1. The van der Waals surface area contributed by atoms with Crippen LogP contribution in [0.3, 0.4) is 0 Å². The number of benzene rings is 2. The maximum atomic E-state index is 13.2. The summed E-state index contributed by atoms with van der Waals surface area (Å²) in [5.41, 5.74) is 3.09. The van der Waals surface area contributed by atoms with Gasteiger partial charge in [0.15, 0.2) is 0 Å². The van der Waals surface area contributed by atoms with Gasteiger partial charge in [0, 0.05) is 22.7 Å². The predicted molar refractivity (Wildman–Crippen MR) is 63.7 cm³/mol. The lowest BCUT2D eigenvalue weighted by Gasteiger charge is -1.98. The average molecular weight is 211 g/mol. The highest BCUT2D eigenvalue weighted by molar-refractivity contribution is 5.95. The second kappa shape index (κ2) is 3.49. The van der Waals surface area contributed by atoms with E-state index in [4.69, 9.17) is 0 Å². The van der Waals surface area contributed by atoms with Crippen LogP contribution in [0, 0.1) is 5.82 Å². The number of halogens is 1. The zero-order valence-corrected chi connectivity index (χ0v) is 8.57. The van der Waals surface area contributed by atoms with E-state index in [1.807, 2.05) is 36.5 Å². The number of rotatable bonds is 1. The summed E-state index contributed by atoms with van der Waals surface area (Å²) < 4.78 is 13.2. The molecule has 0 aliphatic rings. The smallest absolute Gasteiger partial charge is 0.123 e. The Morgan fingerprint density at radius 2 is 1.75 bits per heavy atom. The van der Waals surface area contributed by atoms with Crippen molar-refractivity contribution >= 4 is 10.9 Å². The summed E-state index contributed by atoms with van der Waals surface area (Å²) in [4.78, 5) is 3.15. The van der Waals surface area contributed by atoms with Crippen molar-refractivity contribution in [3.63, 3.8) is 0 Å². The van der Waals surface area contributed by atoms with Crippen LogP contribution in [0.2, 0.25) is 0 Å². The SMILES string of the molecule is Fc1ccc2[nH]cc(-c3ccccc3)c2c1. The molecule has 0 amide bonds. The molecule has 3 rings (SSSR count). The number of hydrogen-bond donors (Lipinski definition) is 1. The van der Waals surface area contributed by atoms with Crippen LogP contribution in [0.1, 0.15) is 0 Å². The van der Waals surface area contributed by atoms with Crippen molar-refractivity contribution in [3.8, 4) is 11.1 Å². The van der Waals surface area contributed by atoms with Crippen molar-refractivity contribution in [1.82, 2.24) is 4.98 Å². The highest BCUT2D eigenvalue weighted by Gasteiger charge is 2.05. The number of H-pyrrole nitrogens is 1. The molecule has 0 saturated carbocycles. The summed E-state index contributed by atoms with van der Waals surface area (Å²) in [5.74, 6) is -0.204. The highest BCUT2D eigenvalue weighted by atomic mass is 19.1. The van der Waals surface area contributed by atoms with Gasteiger partial charge in [-0.15, -0.1) is 0 Å². The van der Waals surface area contributed by atoms with Gasteiger partial charge in [-0.2, -0.15) is 0 Å². The van der Waals surface area contributed by atoms with Gasteiger partial charge in [-0.3, -0.25) is 0 Å². The van der Waals surface area contributed by atoms with Crippen LogP contribution in [0.4, 0.5) is 4.39 Å². The molecule has 2 heteroatoms. The third-order valence-electron chi connectivity index (χ3n) is 2.73. The van der Waals surface area contributed by atoms with Crippen molar-refractivity contribution < 1.29 is 4.39 Å². The van der Waals surface area contributed by atoms with Crippen molar-refractivity contribution in [2.45, 2.75) is 0 Å². The van der Waals surface area contributed by atoms with Gasteiger partial charge in [0.25, 0.3) is 0 Å². The fourth-order valence-corrected chi connectivity index (χ4v) is 1.95. The molecule has 0 atom stereocenters. The highest BCUT2D eigenvalue weighted by Crippen LogP contribution is 2.28. The summed E-state index contributed by atoms with van der Waals surface area (Å²) in [6.07, 6.45) is 1.92. The average Bonchev–Trinajstić information content (AvgIpc) is 2.73. The normalized spacial score (nSPS) is 10.8. The Hall–Kier alpha value is -2.09. The molecule has 1 heterocycles. The maximum absolute atomic E-state index is 13.2. The number of aromatic nitrogens is 1. The second-order valence-corrected chi connectivity index (χ2v) is 3.76. The Morgan fingerprint density at radius 3 is 2.56 bits per heavy atom. The Bertz CT molecular complexity index is 626. The van der Waals surface area contributed by atoms with Crippen molar-refractivity contribution in [1.29, 1.82) is 0 Å². The van der Waals surface area contributed by atoms with E-state index in [0.717, 1.165) is 22.0 Å². The molecule has 2 aromatic carbocycles. The van der Waals surface area contributed by atoms with E-state index in [9.17, 15) is 4.39 Å². The minimum Gasteiger partial charge on any atom is -0.361 e. The van der Waals surface area contributed by atoms with Gasteiger partial charge in [-0.05, 0) is 23.8 Å². The Balaban J connectivity index is 2.29. The quantitative estimate of drug-likeness (QED) is 0.626. The van der Waals surface area contributed by atoms with E-state index in [1.54, 1.807) is 12.1 Å². The topological polar surface area (TPSA) is 15.8 Å². The number of hydrogen-bond acceptors (Lipinski definition) is 0. The molecule has 0 aliphatic carbocycles. The molecule has 1 aromatic heterocycles. The van der Waals surface area contributed by atoms with Crippen LogP contribution < -0.4 is 0 Å². The number of fused-ring (bicyclic) bond motifs is 1. The van der Waals surface area contributed by atoms with E-state index in [2.05, 4.69) is 4.98 Å². The van der Waals surface area contributed by atoms with E-state index in [-0.39, 0.29) is 5.82 Å². The Morgan fingerprint density at radius 1 is 0.938 bits per heavy atom. The monoisotopic (exact) mass is 211 g/mol. The van der Waals surface area contributed by atoms with E-state index < -0.39 is 0 Å². The van der Waals surface area contributed by atoms with Gasteiger partial charge in [0.05, 0.1) is 0 Å². The third kappa shape index (κ3) is 1.39. The van der Waals surface area contributed by atoms with Crippen LogP contribution in [0.15, 0.2) is 54.7 Å². The first-order chi connectivity index (χ1) is 7.84. The minimum absolute atomic E-state index is 0.204. The number of aromatic amines is 1. The summed E-state index contributed by atoms with van der Waals surface area (Å²) in [7, 11) is 0. The standard InChI is InChI=1S/C14H10FN/c15-11-6-7-14-12(8-11)13(9-16-14)10-4-2-1-3-5-10/h1-9,16H. The fraction of sp³-hybridized carbons (Fsp3) is 0. The summed E-state index contributed by atoms with van der Waals surface area (Å²) in [6, 6.07) is 14.8. The van der Waals surface area contributed by atoms with E-state index in [1.165, 1.54) is 6.07 Å². The Labute approximate surface area is 92.5 Å². The first-order valence-electron chi connectivity index (χ1n) is 5.17. The molecule has 0 radical (unpaired) electrons. The van der Waals surface area contributed by atoms with Crippen molar-refractivity contribution in [3.05, 3.63) is 60.5 Å². The van der Waals surface area contributed by atoms with Crippen LogP contribution in [-0.4, -0.2) is 4.98 Å². The predicted octanol–water partition coefficient (Wildman–Crippen LogP) is 3.97. The fourth-order valence-electron chi connectivity index (χ4n) is 1.95. The molecule has 0 bridgehead atoms. The second-order valence-electron chi connectivity index (χ2n) is 3.76. The largest absolute Gasteiger partial charge is 0.361 e. The lowest BCUT2D eigenvalue weighted by Crippen LogP contribution is -1.76. The third-order valence-corrected chi connectivity index (χ3v) is 2.73. The summed E-state index contributed by atoms with van der Waals surface area (Å²) >= 11 is 0. The van der Waals surface area contributed by atoms with Crippen LogP contribution >= 0.6 is 0 Å². The van der Waals surface area contributed by atoms with Gasteiger partial charge in [-0.25, -0.2) is 4.39 Å². The molecule has 0 fully saturated rings. The van der Waals surface area contributed by atoms with Gasteiger partial charge >= 0.3 is 0 Å². The first-order valence-corrected chi connectivity index (χ1v) is 5.17. The van der Waals surface area contributed by atoms with Crippen LogP contribution in [0.25, 0.3) is 22.0 Å². The molecule has 16 heavy (non-hydrogen) atoms. The van der Waals surface area contributed by atoms with Crippen LogP contribution in [0.5, 0.6) is 0 Å². The van der Waals surface area contributed by atoms with E-state index in [0.29, 0.717) is 0 Å². The molecular formula is C14H10FN. The molecule has 1 N–H and O–H groups in total. The summed E-state index contributed by atoms with van der Waals surface area (Å²) in [5, 5.41) is 0.922. The molecular weight excluding hydrogens is 201 g/mol. The molecule has 0 spiro atoms. The van der Waals surface area contributed by atoms with Crippen molar-refractivity contribution in [2.24, 2.45) is 0 Å². The van der Waals surface area contributed by atoms with Crippen molar-refractivity contribution in [2.75, 3.05) is 0 Å². The van der Waals surface area contributed by atoms with Gasteiger partial charge < -0.3 is 4.98 Å². The van der Waals surface area contributed by atoms with Gasteiger partial charge in [-0.1, -0.05) is 30.3 Å². The Kier molecular flexibility index (Phi) is 2.00. The molecule has 1 nitrogen and oxygen atoms in total. The number of nitrogens with one attached hydrogen (secondary N) is 1. The molecule has 3 aromatic rings. The zero-order chi connectivity index (χ0) is 11.0. The molecule has 78 valence electrons. The summed E-state index contributed by atoms with van der Waals surface area (Å²) in [6.45, 7) is 0. The lowest BCUT2D eigenvalue weighted by molar-refractivity contribution is 0.630. The van der Waals surface area contributed by atoms with Crippen LogP contribution in [-0.2, 0) is 0 Å². The van der Waals surface area contributed by atoms with E-state index >= 15 is 0 Å². The molecule has 0 aliphatic heterocycles. The first kappa shape index (κ1) is 9.16. The zero-order valence-electron chi connectivity index (χ0n) is 8.57. The van der Waals surface area contributed by atoms with Gasteiger partial charge in [0.1, 0.15) is 5.82 Å².